The van der Waals surface area contributed by atoms with Crippen LogP contribution in [-0.2, 0) is 6.54 Å². The van der Waals surface area contributed by atoms with Crippen LogP contribution in [-0.4, -0.2) is 30.1 Å². The van der Waals surface area contributed by atoms with Gasteiger partial charge in [0, 0.05) is 25.2 Å². The number of hydrogen-bond acceptors (Lipinski definition) is 3. The molecule has 3 rings (SSSR count). The summed E-state index contributed by atoms with van der Waals surface area (Å²) in [6, 6.07) is 11.5. The maximum atomic E-state index is 8.79. The maximum Gasteiger partial charge on any atom is 0.0991 e. The van der Waals surface area contributed by atoms with Crippen LogP contribution in [0.1, 0.15) is 36.8 Å². The number of fused-ring (bicyclic) bond motifs is 1. The highest BCUT2D eigenvalue weighted by molar-refractivity contribution is 5.31. The first-order chi connectivity index (χ1) is 9.36. The van der Waals surface area contributed by atoms with E-state index >= 15 is 0 Å². The molecule has 0 unspecified atom stereocenters. The molecule has 2 atom stereocenters. The van der Waals surface area contributed by atoms with Gasteiger partial charge in [-0.05, 0) is 43.5 Å². The number of nitriles is 1. The van der Waals surface area contributed by atoms with Crippen molar-refractivity contribution in [3.8, 4) is 6.07 Å². The van der Waals surface area contributed by atoms with Crippen LogP contribution in [0, 0.1) is 11.3 Å². The molecule has 0 radical (unpaired) electrons. The third-order valence-corrected chi connectivity index (χ3v) is 4.51. The lowest BCUT2D eigenvalue weighted by Crippen LogP contribution is -2.44. The van der Waals surface area contributed by atoms with Gasteiger partial charge >= 0.3 is 0 Å². The molecule has 0 saturated carbocycles. The molecule has 2 fully saturated rings. The summed E-state index contributed by atoms with van der Waals surface area (Å²) in [6.07, 6.45) is 5.39. The van der Waals surface area contributed by atoms with Gasteiger partial charge in [-0.25, -0.2) is 0 Å². The smallest absolute Gasteiger partial charge is 0.0991 e. The minimum absolute atomic E-state index is 0.649. The fourth-order valence-electron chi connectivity index (χ4n) is 3.43. The topological polar surface area (TPSA) is 39.1 Å². The molecule has 100 valence electrons. The Bertz CT molecular complexity index is 460. The average molecular weight is 255 g/mol. The first-order valence-electron chi connectivity index (χ1n) is 7.33. The van der Waals surface area contributed by atoms with E-state index in [9.17, 15) is 0 Å². The summed E-state index contributed by atoms with van der Waals surface area (Å²) in [7, 11) is 0. The van der Waals surface area contributed by atoms with Gasteiger partial charge in [-0.15, -0.1) is 0 Å². The molecule has 2 aliphatic rings. The second kappa shape index (κ2) is 5.73. The summed E-state index contributed by atoms with van der Waals surface area (Å²) in [5.74, 6) is 0. The van der Waals surface area contributed by atoms with Gasteiger partial charge in [0.25, 0.3) is 0 Å². The van der Waals surface area contributed by atoms with Crippen LogP contribution in [0.3, 0.4) is 0 Å². The fourth-order valence-corrected chi connectivity index (χ4v) is 3.43. The summed E-state index contributed by atoms with van der Waals surface area (Å²) in [5.41, 5.74) is 2.01. The molecule has 0 bridgehead atoms. The van der Waals surface area contributed by atoms with Gasteiger partial charge in [-0.2, -0.15) is 5.26 Å². The summed E-state index contributed by atoms with van der Waals surface area (Å²) in [4.78, 5) is 2.65. The Kier molecular flexibility index (Phi) is 3.82. The molecule has 0 aliphatic carbocycles. The molecule has 19 heavy (non-hydrogen) atoms. The molecule has 2 saturated heterocycles. The number of nitrogens with one attached hydrogen (secondary N) is 1. The number of nitrogens with zero attached hydrogens (tertiary/aromatic N) is 2. The van der Waals surface area contributed by atoms with E-state index in [0.29, 0.717) is 6.04 Å². The third-order valence-electron chi connectivity index (χ3n) is 4.51. The Balaban J connectivity index is 1.55. The van der Waals surface area contributed by atoms with Crippen molar-refractivity contribution in [1.29, 1.82) is 5.26 Å². The molecule has 0 spiro atoms. The first-order valence-corrected chi connectivity index (χ1v) is 7.33. The highest BCUT2D eigenvalue weighted by Crippen LogP contribution is 2.27. The molecule has 0 amide bonds. The summed E-state index contributed by atoms with van der Waals surface area (Å²) >= 11 is 0. The van der Waals surface area contributed by atoms with E-state index in [-0.39, 0.29) is 0 Å². The van der Waals surface area contributed by atoms with Gasteiger partial charge in [0.05, 0.1) is 11.6 Å². The standard InChI is InChI=1S/C16H21N3/c17-11-13-4-6-14(7-5-13)12-18-15-8-10-19-9-2-1-3-16(15)19/h4-7,15-16,18H,1-3,8-10,12H2/t15-,16+/m1/s1. The Morgan fingerprint density at radius 1 is 1.16 bits per heavy atom. The van der Waals surface area contributed by atoms with E-state index in [4.69, 9.17) is 5.26 Å². The molecule has 1 N–H and O–H groups in total. The Morgan fingerprint density at radius 2 is 2.00 bits per heavy atom. The van der Waals surface area contributed by atoms with E-state index in [1.54, 1.807) is 0 Å². The lowest BCUT2D eigenvalue weighted by atomic mass is 9.99. The Hall–Kier alpha value is -1.37. The summed E-state index contributed by atoms with van der Waals surface area (Å²) in [5, 5.41) is 12.5. The quantitative estimate of drug-likeness (QED) is 0.900. The van der Waals surface area contributed by atoms with Crippen molar-refractivity contribution < 1.29 is 0 Å². The maximum absolute atomic E-state index is 8.79. The van der Waals surface area contributed by atoms with E-state index < -0.39 is 0 Å². The minimum Gasteiger partial charge on any atom is -0.308 e. The van der Waals surface area contributed by atoms with Crippen molar-refractivity contribution in [1.82, 2.24) is 10.2 Å². The largest absolute Gasteiger partial charge is 0.308 e. The second-order valence-corrected chi connectivity index (χ2v) is 5.68. The molecule has 1 aromatic carbocycles. The van der Waals surface area contributed by atoms with Crippen molar-refractivity contribution in [3.63, 3.8) is 0 Å². The Labute approximate surface area is 115 Å². The van der Waals surface area contributed by atoms with Crippen LogP contribution in [0.4, 0.5) is 0 Å². The van der Waals surface area contributed by atoms with Gasteiger partial charge < -0.3 is 5.32 Å². The zero-order valence-electron chi connectivity index (χ0n) is 11.3. The number of piperidine rings is 1. The van der Waals surface area contributed by atoms with E-state index in [2.05, 4.69) is 28.4 Å². The third kappa shape index (κ3) is 2.80. The zero-order valence-corrected chi connectivity index (χ0v) is 11.3. The van der Waals surface area contributed by atoms with Crippen LogP contribution in [0.2, 0.25) is 0 Å². The van der Waals surface area contributed by atoms with E-state index in [1.165, 1.54) is 44.3 Å². The van der Waals surface area contributed by atoms with Crippen molar-refractivity contribution in [2.75, 3.05) is 13.1 Å². The number of benzene rings is 1. The molecule has 2 heterocycles. The van der Waals surface area contributed by atoms with Gasteiger partial charge in [0.2, 0.25) is 0 Å². The average Bonchev–Trinajstić information content (AvgIpc) is 2.89. The van der Waals surface area contributed by atoms with Crippen LogP contribution < -0.4 is 5.32 Å². The minimum atomic E-state index is 0.649. The molecule has 0 aromatic heterocycles. The van der Waals surface area contributed by atoms with Crippen molar-refractivity contribution in [3.05, 3.63) is 35.4 Å². The molecule has 3 heteroatoms. The van der Waals surface area contributed by atoms with Crippen molar-refractivity contribution >= 4 is 0 Å². The molecular formula is C16H21N3. The lowest BCUT2D eigenvalue weighted by Gasteiger charge is -2.32. The van der Waals surface area contributed by atoms with Gasteiger partial charge in [0.1, 0.15) is 0 Å². The molecule has 3 nitrogen and oxygen atoms in total. The van der Waals surface area contributed by atoms with Crippen LogP contribution in [0.15, 0.2) is 24.3 Å². The van der Waals surface area contributed by atoms with E-state index in [0.717, 1.165) is 18.2 Å². The lowest BCUT2D eigenvalue weighted by molar-refractivity contribution is 0.180. The normalized spacial score (nSPS) is 26.9. The Morgan fingerprint density at radius 3 is 2.79 bits per heavy atom. The van der Waals surface area contributed by atoms with Crippen molar-refractivity contribution in [2.45, 2.75) is 44.3 Å². The van der Waals surface area contributed by atoms with Gasteiger partial charge in [-0.3, -0.25) is 4.90 Å². The SMILES string of the molecule is N#Cc1ccc(CN[C@@H]2CCN3CCCC[C@@H]23)cc1. The summed E-state index contributed by atoms with van der Waals surface area (Å²) in [6.45, 7) is 3.47. The number of rotatable bonds is 3. The predicted octanol–water partition coefficient (Wildman–Crippen LogP) is 2.27. The second-order valence-electron chi connectivity index (χ2n) is 5.68. The van der Waals surface area contributed by atoms with Gasteiger partial charge in [0.15, 0.2) is 0 Å². The van der Waals surface area contributed by atoms with Crippen LogP contribution in [0.25, 0.3) is 0 Å². The molecular weight excluding hydrogens is 234 g/mol. The highest BCUT2D eigenvalue weighted by atomic mass is 15.2. The predicted molar refractivity (Wildman–Crippen MR) is 75.6 cm³/mol. The fraction of sp³-hybridized carbons (Fsp3) is 0.562. The van der Waals surface area contributed by atoms with Crippen molar-refractivity contribution in [2.24, 2.45) is 0 Å². The monoisotopic (exact) mass is 255 g/mol. The van der Waals surface area contributed by atoms with Crippen LogP contribution in [0.5, 0.6) is 0 Å². The van der Waals surface area contributed by atoms with Crippen LogP contribution >= 0.6 is 0 Å². The zero-order chi connectivity index (χ0) is 13.1. The van der Waals surface area contributed by atoms with Gasteiger partial charge in [-0.1, -0.05) is 18.6 Å². The first kappa shape index (κ1) is 12.7. The summed E-state index contributed by atoms with van der Waals surface area (Å²) < 4.78 is 0. The van der Waals surface area contributed by atoms with E-state index in [1.807, 2.05) is 12.1 Å². The molecule has 2 aliphatic heterocycles. The number of hydrogen-bond donors (Lipinski definition) is 1. The molecule has 1 aromatic rings. The highest BCUT2D eigenvalue weighted by Gasteiger charge is 2.34.